The minimum absolute atomic E-state index is 0.0530. The van der Waals surface area contributed by atoms with Crippen molar-refractivity contribution in [2.75, 3.05) is 4.72 Å². The van der Waals surface area contributed by atoms with Crippen LogP contribution in [0.15, 0.2) is 47.4 Å². The van der Waals surface area contributed by atoms with Gasteiger partial charge in [-0.2, -0.15) is 5.26 Å². The van der Waals surface area contributed by atoms with Gasteiger partial charge in [0.15, 0.2) is 0 Å². The van der Waals surface area contributed by atoms with Crippen LogP contribution in [-0.4, -0.2) is 14.3 Å². The van der Waals surface area contributed by atoms with E-state index < -0.39 is 15.9 Å². The van der Waals surface area contributed by atoms with E-state index >= 15 is 0 Å². The van der Waals surface area contributed by atoms with Crippen molar-refractivity contribution in [2.24, 2.45) is 5.73 Å². The SMILES string of the molecule is N#Cc1ccc(S(=O)(=O)Nc2ccc(CC(N)=O)cc2)cc1Cl. The first-order chi connectivity index (χ1) is 10.8. The van der Waals surface area contributed by atoms with Crippen molar-refractivity contribution in [1.82, 2.24) is 0 Å². The maximum absolute atomic E-state index is 12.3. The van der Waals surface area contributed by atoms with Gasteiger partial charge in [0.05, 0.1) is 21.9 Å². The van der Waals surface area contributed by atoms with Gasteiger partial charge in [-0.05, 0) is 35.9 Å². The molecule has 0 bridgehead atoms. The van der Waals surface area contributed by atoms with Crippen molar-refractivity contribution in [3.8, 4) is 6.07 Å². The molecular formula is C15H12ClN3O3S. The number of hydrogen-bond donors (Lipinski definition) is 2. The minimum Gasteiger partial charge on any atom is -0.369 e. The van der Waals surface area contributed by atoms with Gasteiger partial charge >= 0.3 is 0 Å². The molecule has 0 aliphatic rings. The van der Waals surface area contributed by atoms with Crippen molar-refractivity contribution in [3.63, 3.8) is 0 Å². The topological polar surface area (TPSA) is 113 Å². The Labute approximate surface area is 138 Å². The first-order valence-electron chi connectivity index (χ1n) is 6.41. The van der Waals surface area contributed by atoms with Crippen LogP contribution < -0.4 is 10.5 Å². The van der Waals surface area contributed by atoms with Crippen LogP contribution >= 0.6 is 11.6 Å². The third-order valence-corrected chi connectivity index (χ3v) is 4.65. The standard InChI is InChI=1S/C15H12ClN3O3S/c16-14-8-13(6-3-11(14)9-17)23(21,22)19-12-4-1-10(2-5-12)7-15(18)20/h1-6,8,19H,7H2,(H2,18,20). The fourth-order valence-electron chi connectivity index (χ4n) is 1.86. The zero-order valence-corrected chi connectivity index (χ0v) is 13.4. The van der Waals surface area contributed by atoms with E-state index in [1.54, 1.807) is 12.1 Å². The molecule has 0 aliphatic carbocycles. The van der Waals surface area contributed by atoms with Crippen molar-refractivity contribution < 1.29 is 13.2 Å². The number of benzene rings is 2. The highest BCUT2D eigenvalue weighted by atomic mass is 35.5. The third kappa shape index (κ3) is 4.22. The molecule has 0 spiro atoms. The lowest BCUT2D eigenvalue weighted by Gasteiger charge is -2.09. The van der Waals surface area contributed by atoms with Crippen LogP contribution in [-0.2, 0) is 21.2 Å². The quantitative estimate of drug-likeness (QED) is 0.859. The highest BCUT2D eigenvalue weighted by Gasteiger charge is 2.16. The molecule has 2 aromatic rings. The molecule has 1 amide bonds. The summed E-state index contributed by atoms with van der Waals surface area (Å²) < 4.78 is 27.0. The van der Waals surface area contributed by atoms with E-state index in [-0.39, 0.29) is 21.9 Å². The summed E-state index contributed by atoms with van der Waals surface area (Å²) in [5, 5.41) is 8.87. The van der Waals surface area contributed by atoms with Gasteiger partial charge in [-0.15, -0.1) is 0 Å². The van der Waals surface area contributed by atoms with E-state index in [9.17, 15) is 13.2 Å². The summed E-state index contributed by atoms with van der Waals surface area (Å²) in [7, 11) is -3.83. The number of sulfonamides is 1. The molecule has 8 heteroatoms. The maximum Gasteiger partial charge on any atom is 0.261 e. The van der Waals surface area contributed by atoms with Crippen molar-refractivity contribution >= 4 is 33.2 Å². The predicted molar refractivity (Wildman–Crippen MR) is 86.3 cm³/mol. The zero-order valence-electron chi connectivity index (χ0n) is 11.8. The van der Waals surface area contributed by atoms with E-state index in [4.69, 9.17) is 22.6 Å². The summed E-state index contributed by atoms with van der Waals surface area (Å²) in [4.78, 5) is 10.8. The molecule has 0 aromatic heterocycles. The Morgan fingerprint density at radius 2 is 1.87 bits per heavy atom. The first-order valence-corrected chi connectivity index (χ1v) is 8.27. The minimum atomic E-state index is -3.83. The summed E-state index contributed by atoms with van der Waals surface area (Å²) in [6.45, 7) is 0. The van der Waals surface area contributed by atoms with Gasteiger partial charge in [-0.25, -0.2) is 8.42 Å². The zero-order chi connectivity index (χ0) is 17.0. The lowest BCUT2D eigenvalue weighted by atomic mass is 10.1. The lowest BCUT2D eigenvalue weighted by molar-refractivity contribution is -0.117. The lowest BCUT2D eigenvalue weighted by Crippen LogP contribution is -2.14. The molecule has 0 fully saturated rings. The Morgan fingerprint density at radius 1 is 1.22 bits per heavy atom. The summed E-state index contributed by atoms with van der Waals surface area (Å²) in [5.74, 6) is -0.467. The first kappa shape index (κ1) is 16.8. The maximum atomic E-state index is 12.3. The summed E-state index contributed by atoms with van der Waals surface area (Å²) in [6.07, 6.45) is 0.0816. The highest BCUT2D eigenvalue weighted by Crippen LogP contribution is 2.22. The largest absolute Gasteiger partial charge is 0.369 e. The Balaban J connectivity index is 2.23. The van der Waals surface area contributed by atoms with Crippen LogP contribution in [0.5, 0.6) is 0 Å². The number of hydrogen-bond acceptors (Lipinski definition) is 4. The predicted octanol–water partition coefficient (Wildman–Crippen LogP) is 2.04. The smallest absolute Gasteiger partial charge is 0.261 e. The number of carbonyl (C=O) groups excluding carboxylic acids is 1. The molecule has 118 valence electrons. The van der Waals surface area contributed by atoms with Gasteiger partial charge in [0, 0.05) is 5.69 Å². The number of carbonyl (C=O) groups is 1. The number of nitrogens with zero attached hydrogens (tertiary/aromatic N) is 1. The molecular weight excluding hydrogens is 338 g/mol. The van der Waals surface area contributed by atoms with Crippen molar-refractivity contribution in [2.45, 2.75) is 11.3 Å². The van der Waals surface area contributed by atoms with E-state index in [2.05, 4.69) is 4.72 Å². The molecule has 3 N–H and O–H groups in total. The summed E-state index contributed by atoms with van der Waals surface area (Å²) in [5.41, 5.74) is 6.30. The highest BCUT2D eigenvalue weighted by molar-refractivity contribution is 7.92. The van der Waals surface area contributed by atoms with Gasteiger partial charge in [-0.1, -0.05) is 23.7 Å². The number of nitrogens with one attached hydrogen (secondary N) is 1. The third-order valence-electron chi connectivity index (χ3n) is 2.96. The molecule has 23 heavy (non-hydrogen) atoms. The Morgan fingerprint density at radius 3 is 2.39 bits per heavy atom. The molecule has 0 saturated carbocycles. The van der Waals surface area contributed by atoms with Crippen LogP contribution in [0.1, 0.15) is 11.1 Å². The second kappa shape index (κ2) is 6.69. The van der Waals surface area contributed by atoms with Gasteiger partial charge < -0.3 is 5.73 Å². The van der Waals surface area contributed by atoms with Crippen LogP contribution in [0.2, 0.25) is 5.02 Å². The summed E-state index contributed by atoms with van der Waals surface area (Å²) in [6, 6.07) is 12.0. The van der Waals surface area contributed by atoms with Crippen molar-refractivity contribution in [1.29, 1.82) is 5.26 Å². The number of nitriles is 1. The molecule has 0 unspecified atom stereocenters. The Bertz CT molecular complexity index is 887. The van der Waals surface area contributed by atoms with E-state index in [0.29, 0.717) is 11.3 Å². The molecule has 0 heterocycles. The van der Waals surface area contributed by atoms with Gasteiger partial charge in [0.25, 0.3) is 10.0 Å². The normalized spacial score (nSPS) is 10.8. The molecule has 0 aliphatic heterocycles. The number of rotatable bonds is 5. The van der Waals surface area contributed by atoms with Crippen molar-refractivity contribution in [3.05, 3.63) is 58.6 Å². The van der Waals surface area contributed by atoms with Crippen LogP contribution in [0, 0.1) is 11.3 Å². The number of nitrogens with two attached hydrogens (primary N) is 1. The molecule has 0 radical (unpaired) electrons. The van der Waals surface area contributed by atoms with E-state index in [1.165, 1.54) is 30.3 Å². The second-order valence-corrected chi connectivity index (χ2v) is 6.79. The number of anilines is 1. The monoisotopic (exact) mass is 349 g/mol. The average molecular weight is 350 g/mol. The van der Waals surface area contributed by atoms with E-state index in [1.807, 2.05) is 6.07 Å². The Hall–Kier alpha value is -2.56. The van der Waals surface area contributed by atoms with Gasteiger partial charge in [0.2, 0.25) is 5.91 Å². The number of primary amides is 1. The summed E-state index contributed by atoms with van der Waals surface area (Å²) >= 11 is 5.85. The van der Waals surface area contributed by atoms with Gasteiger partial charge in [0.1, 0.15) is 6.07 Å². The molecule has 6 nitrogen and oxygen atoms in total. The fourth-order valence-corrected chi connectivity index (χ4v) is 3.23. The van der Waals surface area contributed by atoms with Crippen LogP contribution in [0.3, 0.4) is 0 Å². The average Bonchev–Trinajstić information content (AvgIpc) is 2.48. The molecule has 0 atom stereocenters. The second-order valence-electron chi connectivity index (χ2n) is 4.70. The fraction of sp³-hybridized carbons (Fsp3) is 0.0667. The molecule has 2 rings (SSSR count). The van der Waals surface area contributed by atoms with Crippen LogP contribution in [0.4, 0.5) is 5.69 Å². The van der Waals surface area contributed by atoms with E-state index in [0.717, 1.165) is 0 Å². The molecule has 2 aromatic carbocycles. The van der Waals surface area contributed by atoms with Gasteiger partial charge in [-0.3, -0.25) is 9.52 Å². The number of amides is 1. The molecule has 0 saturated heterocycles. The number of halogens is 1. The Kier molecular flexibility index (Phi) is 4.89. The van der Waals surface area contributed by atoms with Crippen LogP contribution in [0.25, 0.3) is 0 Å².